The van der Waals surface area contributed by atoms with Gasteiger partial charge in [-0.1, -0.05) is 20.8 Å². The van der Waals surface area contributed by atoms with Crippen LogP contribution in [0.2, 0.25) is 0 Å². The molecule has 5 atom stereocenters. The minimum Gasteiger partial charge on any atom is -0.480 e. The standard InChI is InChI=1S/C14H25NO4/c1-7(2)6-11(14(17)18)15-13(16)12-8(3)9(4)19-10(12)5/h7-12H,6H2,1-5H3,(H,15,16)(H,17,18)/t8?,9?,10?,11-,12?/m1/s1. The van der Waals surface area contributed by atoms with Gasteiger partial charge in [0.25, 0.3) is 0 Å². The Kier molecular flexibility index (Phi) is 5.35. The number of rotatable bonds is 5. The topological polar surface area (TPSA) is 75.6 Å². The Bertz CT molecular complexity index is 342. The molecule has 19 heavy (non-hydrogen) atoms. The number of amides is 1. The lowest BCUT2D eigenvalue weighted by Crippen LogP contribution is -2.46. The molecule has 0 bridgehead atoms. The second-order valence-corrected chi connectivity index (χ2v) is 5.96. The van der Waals surface area contributed by atoms with Crippen LogP contribution in [0.5, 0.6) is 0 Å². The van der Waals surface area contributed by atoms with E-state index < -0.39 is 12.0 Å². The van der Waals surface area contributed by atoms with Gasteiger partial charge in [-0.25, -0.2) is 4.79 Å². The zero-order chi connectivity index (χ0) is 14.7. The second-order valence-electron chi connectivity index (χ2n) is 5.96. The van der Waals surface area contributed by atoms with Gasteiger partial charge in [0.15, 0.2) is 0 Å². The van der Waals surface area contributed by atoms with E-state index in [0.29, 0.717) is 6.42 Å². The van der Waals surface area contributed by atoms with Crippen LogP contribution in [0.25, 0.3) is 0 Å². The van der Waals surface area contributed by atoms with Gasteiger partial charge < -0.3 is 15.2 Å². The minimum atomic E-state index is -0.977. The fourth-order valence-electron chi connectivity index (χ4n) is 2.68. The first-order valence-corrected chi connectivity index (χ1v) is 6.92. The summed E-state index contributed by atoms with van der Waals surface area (Å²) in [5, 5.41) is 11.8. The van der Waals surface area contributed by atoms with Crippen LogP contribution in [0.3, 0.4) is 0 Å². The van der Waals surface area contributed by atoms with Gasteiger partial charge in [-0.2, -0.15) is 0 Å². The molecular weight excluding hydrogens is 246 g/mol. The number of hydrogen-bond acceptors (Lipinski definition) is 3. The molecule has 110 valence electrons. The van der Waals surface area contributed by atoms with E-state index in [4.69, 9.17) is 9.84 Å². The molecule has 1 rings (SSSR count). The fraction of sp³-hybridized carbons (Fsp3) is 0.857. The maximum absolute atomic E-state index is 12.3. The zero-order valence-corrected chi connectivity index (χ0v) is 12.3. The molecule has 0 aliphatic carbocycles. The van der Waals surface area contributed by atoms with Crippen LogP contribution in [0.15, 0.2) is 0 Å². The van der Waals surface area contributed by atoms with Crippen molar-refractivity contribution in [1.82, 2.24) is 5.32 Å². The molecule has 0 spiro atoms. The van der Waals surface area contributed by atoms with Crippen molar-refractivity contribution in [1.29, 1.82) is 0 Å². The van der Waals surface area contributed by atoms with E-state index >= 15 is 0 Å². The second kappa shape index (κ2) is 6.37. The van der Waals surface area contributed by atoms with Crippen LogP contribution in [-0.4, -0.2) is 35.2 Å². The third kappa shape index (κ3) is 3.93. The maximum atomic E-state index is 12.3. The molecule has 0 aromatic heterocycles. The number of carboxylic acid groups (broad SMARTS) is 1. The van der Waals surface area contributed by atoms with Crippen molar-refractivity contribution in [2.24, 2.45) is 17.8 Å². The Hall–Kier alpha value is -1.10. The summed E-state index contributed by atoms with van der Waals surface area (Å²) in [6, 6.07) is -0.817. The molecule has 1 amide bonds. The Morgan fingerprint density at radius 3 is 2.16 bits per heavy atom. The summed E-state index contributed by atoms with van der Waals surface area (Å²) in [7, 11) is 0. The molecule has 0 radical (unpaired) electrons. The van der Waals surface area contributed by atoms with Gasteiger partial charge in [-0.05, 0) is 32.1 Å². The van der Waals surface area contributed by atoms with Crippen LogP contribution in [-0.2, 0) is 14.3 Å². The average Bonchev–Trinajstić information content (AvgIpc) is 2.51. The summed E-state index contributed by atoms with van der Waals surface area (Å²) in [4.78, 5) is 23.4. The number of nitrogens with one attached hydrogen (secondary N) is 1. The molecule has 1 heterocycles. The first kappa shape index (κ1) is 16.0. The van der Waals surface area contributed by atoms with Crippen molar-refractivity contribution in [3.63, 3.8) is 0 Å². The molecule has 5 heteroatoms. The molecule has 5 nitrogen and oxygen atoms in total. The smallest absolute Gasteiger partial charge is 0.326 e. The lowest BCUT2D eigenvalue weighted by Gasteiger charge is -2.22. The largest absolute Gasteiger partial charge is 0.480 e. The molecule has 2 N–H and O–H groups in total. The molecule has 0 aromatic carbocycles. The fourth-order valence-corrected chi connectivity index (χ4v) is 2.68. The lowest BCUT2D eigenvalue weighted by atomic mass is 9.88. The quantitative estimate of drug-likeness (QED) is 0.797. The maximum Gasteiger partial charge on any atom is 0.326 e. The Morgan fingerprint density at radius 2 is 1.79 bits per heavy atom. The number of carboxylic acids is 1. The van der Waals surface area contributed by atoms with E-state index in [1.54, 1.807) is 0 Å². The van der Waals surface area contributed by atoms with Gasteiger partial charge >= 0.3 is 5.97 Å². The summed E-state index contributed by atoms with van der Waals surface area (Å²) in [5.74, 6) is -1.14. The van der Waals surface area contributed by atoms with E-state index in [2.05, 4.69) is 5.32 Å². The van der Waals surface area contributed by atoms with Crippen molar-refractivity contribution < 1.29 is 19.4 Å². The van der Waals surface area contributed by atoms with Crippen molar-refractivity contribution in [3.05, 3.63) is 0 Å². The summed E-state index contributed by atoms with van der Waals surface area (Å²) in [6.45, 7) is 9.65. The third-order valence-electron chi connectivity index (χ3n) is 3.87. The summed E-state index contributed by atoms with van der Waals surface area (Å²) in [5.41, 5.74) is 0. The van der Waals surface area contributed by atoms with Crippen LogP contribution in [0, 0.1) is 17.8 Å². The van der Waals surface area contributed by atoms with Gasteiger partial charge in [-0.15, -0.1) is 0 Å². The van der Waals surface area contributed by atoms with E-state index in [0.717, 1.165) is 0 Å². The molecule has 1 saturated heterocycles. The molecule has 1 fully saturated rings. The van der Waals surface area contributed by atoms with Gasteiger partial charge in [0, 0.05) is 0 Å². The molecule has 1 aliphatic heterocycles. The minimum absolute atomic E-state index is 0.0270. The predicted molar refractivity (Wildman–Crippen MR) is 71.7 cm³/mol. The van der Waals surface area contributed by atoms with Crippen molar-refractivity contribution >= 4 is 11.9 Å². The molecular formula is C14H25NO4. The highest BCUT2D eigenvalue weighted by atomic mass is 16.5. The van der Waals surface area contributed by atoms with Gasteiger partial charge in [0.05, 0.1) is 18.1 Å². The van der Waals surface area contributed by atoms with E-state index in [1.807, 2.05) is 34.6 Å². The number of carbonyl (C=O) groups excluding carboxylic acids is 1. The summed E-state index contributed by atoms with van der Waals surface area (Å²) >= 11 is 0. The van der Waals surface area contributed by atoms with E-state index in [9.17, 15) is 9.59 Å². The predicted octanol–water partition coefficient (Wildman–Crippen LogP) is 1.66. The zero-order valence-electron chi connectivity index (χ0n) is 12.3. The van der Waals surface area contributed by atoms with Crippen LogP contribution in [0.4, 0.5) is 0 Å². The number of carbonyl (C=O) groups is 2. The van der Waals surface area contributed by atoms with Gasteiger partial charge in [0.2, 0.25) is 5.91 Å². The summed E-state index contributed by atoms with van der Waals surface area (Å²) < 4.78 is 5.62. The Labute approximate surface area is 114 Å². The number of hydrogen-bond donors (Lipinski definition) is 2. The van der Waals surface area contributed by atoms with E-state index in [-0.39, 0.29) is 35.9 Å². The molecule has 0 aromatic rings. The highest BCUT2D eigenvalue weighted by Crippen LogP contribution is 2.32. The van der Waals surface area contributed by atoms with Crippen molar-refractivity contribution in [2.45, 2.75) is 59.3 Å². The normalized spacial score (nSPS) is 32.3. The van der Waals surface area contributed by atoms with Crippen LogP contribution < -0.4 is 5.32 Å². The molecule has 1 aliphatic rings. The Morgan fingerprint density at radius 1 is 1.21 bits per heavy atom. The number of aliphatic carboxylic acids is 1. The van der Waals surface area contributed by atoms with Crippen LogP contribution >= 0.6 is 0 Å². The van der Waals surface area contributed by atoms with Gasteiger partial charge in [0.1, 0.15) is 6.04 Å². The SMILES string of the molecule is CC(C)C[C@@H](NC(=O)C1C(C)OC(C)C1C)C(=O)O. The van der Waals surface area contributed by atoms with Crippen LogP contribution in [0.1, 0.15) is 41.0 Å². The average molecular weight is 271 g/mol. The van der Waals surface area contributed by atoms with Gasteiger partial charge in [-0.3, -0.25) is 4.79 Å². The van der Waals surface area contributed by atoms with Crippen molar-refractivity contribution in [2.75, 3.05) is 0 Å². The monoisotopic (exact) mass is 271 g/mol. The highest BCUT2D eigenvalue weighted by molar-refractivity contribution is 5.85. The number of ether oxygens (including phenoxy) is 1. The molecule has 0 saturated carbocycles. The third-order valence-corrected chi connectivity index (χ3v) is 3.87. The summed E-state index contributed by atoms with van der Waals surface area (Å²) in [6.07, 6.45) is 0.296. The van der Waals surface area contributed by atoms with E-state index in [1.165, 1.54) is 0 Å². The Balaban J connectivity index is 2.69. The highest BCUT2D eigenvalue weighted by Gasteiger charge is 2.42. The van der Waals surface area contributed by atoms with Crippen molar-refractivity contribution in [3.8, 4) is 0 Å². The first-order chi connectivity index (χ1) is 8.73. The lowest BCUT2D eigenvalue weighted by molar-refractivity contribution is -0.143. The first-order valence-electron chi connectivity index (χ1n) is 6.92. The molecule has 4 unspecified atom stereocenters.